The van der Waals surface area contributed by atoms with Gasteiger partial charge in [-0.25, -0.2) is 0 Å². The monoisotopic (exact) mass is 491 g/mol. The highest BCUT2D eigenvalue weighted by Crippen LogP contribution is 2.45. The third-order valence-electron chi connectivity index (χ3n) is 8.37. The van der Waals surface area contributed by atoms with Gasteiger partial charge in [0.1, 0.15) is 5.78 Å². The van der Waals surface area contributed by atoms with Crippen LogP contribution < -0.4 is 0 Å². The minimum absolute atomic E-state index is 0.386. The molecular formula is C34H53NO. The van der Waals surface area contributed by atoms with E-state index in [4.69, 9.17) is 0 Å². The fourth-order valence-electron chi connectivity index (χ4n) is 6.48. The number of ketones is 1. The highest BCUT2D eigenvalue weighted by atomic mass is 16.1. The molecule has 2 aromatic rings. The summed E-state index contributed by atoms with van der Waals surface area (Å²) in [6.45, 7) is 14.7. The minimum atomic E-state index is 0.386. The molecule has 2 atom stereocenters. The largest absolute Gasteiger partial charge is 0.299 e. The van der Waals surface area contributed by atoms with Crippen molar-refractivity contribution in [1.82, 2.24) is 4.98 Å². The average Bonchev–Trinajstić information content (AvgIpc) is 3.40. The van der Waals surface area contributed by atoms with Crippen molar-refractivity contribution in [3.8, 4) is 0 Å². The van der Waals surface area contributed by atoms with E-state index >= 15 is 0 Å². The van der Waals surface area contributed by atoms with Crippen molar-refractivity contribution >= 4 is 5.78 Å². The van der Waals surface area contributed by atoms with Crippen LogP contribution in [0.25, 0.3) is 0 Å². The summed E-state index contributed by atoms with van der Waals surface area (Å²) >= 11 is 0. The Balaban J connectivity index is 0.000000228. The average molecular weight is 492 g/mol. The second kappa shape index (κ2) is 16.0. The maximum absolute atomic E-state index is 12.0. The SMILES string of the molecule is CC.CC.CC1CC(=O)Cc2cnccc2C1C1CCCC1.Cc1ccc(C2CCCCC2)cc1C. The van der Waals surface area contributed by atoms with Gasteiger partial charge in [0, 0.05) is 25.2 Å². The molecule has 2 fully saturated rings. The minimum Gasteiger partial charge on any atom is -0.299 e. The predicted molar refractivity (Wildman–Crippen MR) is 156 cm³/mol. The number of rotatable bonds is 2. The van der Waals surface area contributed by atoms with E-state index in [1.807, 2.05) is 40.1 Å². The van der Waals surface area contributed by atoms with Crippen LogP contribution in [0.15, 0.2) is 36.7 Å². The first-order valence-corrected chi connectivity index (χ1v) is 15.0. The van der Waals surface area contributed by atoms with E-state index in [0.29, 0.717) is 24.0 Å². The van der Waals surface area contributed by atoms with E-state index in [2.05, 4.69) is 50.0 Å². The van der Waals surface area contributed by atoms with E-state index < -0.39 is 0 Å². The van der Waals surface area contributed by atoms with E-state index in [9.17, 15) is 4.79 Å². The molecule has 1 aromatic carbocycles. The van der Waals surface area contributed by atoms with Gasteiger partial charge in [0.2, 0.25) is 0 Å². The Bertz CT molecular complexity index is 905. The second-order valence-corrected chi connectivity index (χ2v) is 10.7. The zero-order chi connectivity index (χ0) is 26.5. The molecule has 1 heterocycles. The van der Waals surface area contributed by atoms with Crippen molar-refractivity contribution in [2.24, 2.45) is 11.8 Å². The van der Waals surface area contributed by atoms with Gasteiger partial charge < -0.3 is 0 Å². The summed E-state index contributed by atoms with van der Waals surface area (Å²) < 4.78 is 0. The quantitative estimate of drug-likeness (QED) is 0.391. The van der Waals surface area contributed by atoms with Gasteiger partial charge in [-0.3, -0.25) is 9.78 Å². The van der Waals surface area contributed by atoms with Crippen LogP contribution in [0.2, 0.25) is 0 Å². The molecule has 0 N–H and O–H groups in total. The van der Waals surface area contributed by atoms with Crippen LogP contribution in [0, 0.1) is 25.7 Å². The van der Waals surface area contributed by atoms with E-state index in [-0.39, 0.29) is 0 Å². The number of fused-ring (bicyclic) bond motifs is 1. The molecule has 2 unspecified atom stereocenters. The molecule has 36 heavy (non-hydrogen) atoms. The Kier molecular flexibility index (Phi) is 13.5. The molecule has 5 rings (SSSR count). The first-order valence-electron chi connectivity index (χ1n) is 15.0. The smallest absolute Gasteiger partial charge is 0.137 e. The van der Waals surface area contributed by atoms with Crippen molar-refractivity contribution in [3.63, 3.8) is 0 Å². The molecule has 0 bridgehead atoms. The Labute approximate surface area is 222 Å². The Morgan fingerprint density at radius 3 is 2.08 bits per heavy atom. The maximum atomic E-state index is 12.0. The lowest BCUT2D eigenvalue weighted by Gasteiger charge is -2.29. The predicted octanol–water partition coefficient (Wildman–Crippen LogP) is 9.91. The number of benzene rings is 1. The number of Topliss-reactive ketones (excluding diaryl/α,β-unsaturated/α-hetero) is 1. The first-order chi connectivity index (χ1) is 17.5. The molecule has 2 saturated carbocycles. The molecule has 0 saturated heterocycles. The summed E-state index contributed by atoms with van der Waals surface area (Å²) in [5.74, 6) is 3.09. The first kappa shape index (κ1) is 30.3. The van der Waals surface area contributed by atoms with Crippen molar-refractivity contribution in [2.75, 3.05) is 0 Å². The Morgan fingerprint density at radius 2 is 1.44 bits per heavy atom. The maximum Gasteiger partial charge on any atom is 0.137 e. The van der Waals surface area contributed by atoms with Crippen LogP contribution in [-0.4, -0.2) is 10.8 Å². The summed E-state index contributed by atoms with van der Waals surface area (Å²) in [6, 6.07) is 9.16. The lowest BCUT2D eigenvalue weighted by Crippen LogP contribution is -2.18. The Morgan fingerprint density at radius 1 is 0.806 bits per heavy atom. The highest BCUT2D eigenvalue weighted by Gasteiger charge is 2.35. The van der Waals surface area contributed by atoms with Gasteiger partial charge in [0.15, 0.2) is 0 Å². The number of pyridine rings is 1. The fraction of sp³-hybridized carbons (Fsp3) is 0.647. The van der Waals surface area contributed by atoms with Crippen LogP contribution in [-0.2, 0) is 11.2 Å². The van der Waals surface area contributed by atoms with Crippen molar-refractivity contribution in [1.29, 1.82) is 0 Å². The molecule has 200 valence electrons. The number of nitrogens with zero attached hydrogens (tertiary/aromatic N) is 1. The molecule has 0 amide bonds. The van der Waals surface area contributed by atoms with Gasteiger partial charge in [0.05, 0.1) is 0 Å². The van der Waals surface area contributed by atoms with Crippen LogP contribution in [0.1, 0.15) is 138 Å². The van der Waals surface area contributed by atoms with E-state index in [0.717, 1.165) is 18.3 Å². The third kappa shape index (κ3) is 8.29. The topological polar surface area (TPSA) is 30.0 Å². The lowest BCUT2D eigenvalue weighted by atomic mass is 9.76. The van der Waals surface area contributed by atoms with Gasteiger partial charge in [-0.15, -0.1) is 0 Å². The number of hydrogen-bond acceptors (Lipinski definition) is 2. The van der Waals surface area contributed by atoms with Crippen LogP contribution >= 0.6 is 0 Å². The lowest BCUT2D eigenvalue weighted by molar-refractivity contribution is -0.119. The molecule has 3 aliphatic rings. The normalized spacial score (nSPS) is 22.0. The van der Waals surface area contributed by atoms with Gasteiger partial charge in [-0.05, 0) is 97.1 Å². The molecular weight excluding hydrogens is 438 g/mol. The molecule has 2 heteroatoms. The molecule has 0 radical (unpaired) electrons. The number of hydrogen-bond donors (Lipinski definition) is 0. The number of aryl methyl sites for hydroxylation is 2. The molecule has 2 nitrogen and oxygen atoms in total. The summed E-state index contributed by atoms with van der Waals surface area (Å²) in [7, 11) is 0. The van der Waals surface area contributed by atoms with Gasteiger partial charge in [0.25, 0.3) is 0 Å². The zero-order valence-electron chi connectivity index (χ0n) is 24.4. The molecule has 1 aromatic heterocycles. The molecule has 0 aliphatic heterocycles. The molecule has 0 spiro atoms. The zero-order valence-corrected chi connectivity index (χ0v) is 24.4. The van der Waals surface area contributed by atoms with Gasteiger partial charge in [-0.1, -0.05) is 84.9 Å². The standard InChI is InChI=1S/C16H21NO.C14H20.2C2H6/c1-11-8-14(18)9-13-10-17-7-6-15(13)16(11)12-4-2-3-5-12;1-11-8-9-14(10-12(11)2)13-6-4-3-5-7-13;2*1-2/h6-7,10-12,16H,2-5,8-9H2,1H3;8-10,13H,3-7H2,1-2H3;2*1-2H3. The number of carbonyl (C=O) groups excluding carboxylic acids is 1. The fourth-order valence-corrected chi connectivity index (χ4v) is 6.48. The summed E-state index contributed by atoms with van der Waals surface area (Å²) in [5, 5.41) is 0. The van der Waals surface area contributed by atoms with Gasteiger partial charge in [-0.2, -0.15) is 0 Å². The number of aromatic nitrogens is 1. The van der Waals surface area contributed by atoms with E-state index in [1.165, 1.54) is 80.0 Å². The summed E-state index contributed by atoms with van der Waals surface area (Å²) in [6.07, 6.45) is 17.7. The van der Waals surface area contributed by atoms with Crippen molar-refractivity contribution in [3.05, 3.63) is 64.5 Å². The van der Waals surface area contributed by atoms with Crippen molar-refractivity contribution < 1.29 is 4.79 Å². The van der Waals surface area contributed by atoms with Crippen LogP contribution in [0.5, 0.6) is 0 Å². The summed E-state index contributed by atoms with van der Waals surface area (Å²) in [5.41, 5.74) is 7.05. The van der Waals surface area contributed by atoms with Crippen molar-refractivity contribution in [2.45, 2.75) is 131 Å². The summed E-state index contributed by atoms with van der Waals surface area (Å²) in [4.78, 5) is 16.2. The number of carbonyl (C=O) groups is 1. The highest BCUT2D eigenvalue weighted by molar-refractivity contribution is 5.82. The Hall–Kier alpha value is -1.96. The third-order valence-corrected chi connectivity index (χ3v) is 8.37. The van der Waals surface area contributed by atoms with E-state index in [1.54, 1.807) is 5.56 Å². The molecule has 3 aliphatic carbocycles. The van der Waals surface area contributed by atoms with Gasteiger partial charge >= 0.3 is 0 Å². The second-order valence-electron chi connectivity index (χ2n) is 10.7. The van der Waals surface area contributed by atoms with Crippen LogP contribution in [0.3, 0.4) is 0 Å². The van der Waals surface area contributed by atoms with Crippen LogP contribution in [0.4, 0.5) is 0 Å².